The normalized spacial score (nSPS) is 21.2. The molecule has 138 valence electrons. The van der Waals surface area contributed by atoms with Crippen LogP contribution < -0.4 is 14.7 Å². The fourth-order valence-corrected chi connectivity index (χ4v) is 3.89. The average Bonchev–Trinajstić information content (AvgIpc) is 2.67. The second-order valence-corrected chi connectivity index (χ2v) is 7.53. The maximum atomic E-state index is 12.9. The van der Waals surface area contributed by atoms with Gasteiger partial charge in [0.2, 0.25) is 0 Å². The van der Waals surface area contributed by atoms with Crippen molar-refractivity contribution < 1.29 is 14.6 Å². The molecule has 0 unspecified atom stereocenters. The molecule has 1 heterocycles. The summed E-state index contributed by atoms with van der Waals surface area (Å²) in [7, 11) is 1.88. The van der Waals surface area contributed by atoms with Crippen molar-refractivity contribution in [2.75, 3.05) is 38.1 Å². The van der Waals surface area contributed by atoms with E-state index in [2.05, 4.69) is 38.1 Å². The van der Waals surface area contributed by atoms with Gasteiger partial charge in [-0.05, 0) is 26.0 Å². The van der Waals surface area contributed by atoms with Crippen LogP contribution in [0.25, 0.3) is 0 Å². The second-order valence-electron chi connectivity index (χ2n) is 7.53. The van der Waals surface area contributed by atoms with Crippen LogP contribution in [-0.4, -0.2) is 45.2 Å². The van der Waals surface area contributed by atoms with E-state index in [9.17, 15) is 4.79 Å². The van der Waals surface area contributed by atoms with Crippen LogP contribution in [0.1, 0.15) is 18.1 Å². The zero-order valence-corrected chi connectivity index (χ0v) is 16.2. The monoisotopic (exact) mass is 353 g/mol. The first-order chi connectivity index (χ1) is 12.5. The molecule has 1 aliphatic rings. The largest absolute Gasteiger partial charge is 0.322 e. The van der Waals surface area contributed by atoms with Gasteiger partial charge in [-0.3, -0.25) is 4.79 Å². The number of hydrogen-bond acceptors (Lipinski definition) is 1. The first-order valence-electron chi connectivity index (χ1n) is 9.61. The lowest BCUT2D eigenvalue weighted by Crippen LogP contribution is -3.29. The van der Waals surface area contributed by atoms with Gasteiger partial charge in [0.15, 0.2) is 6.04 Å². The van der Waals surface area contributed by atoms with Crippen LogP contribution in [0, 0.1) is 6.92 Å². The van der Waals surface area contributed by atoms with Gasteiger partial charge in [-0.2, -0.15) is 0 Å². The Morgan fingerprint density at radius 1 is 1.04 bits per heavy atom. The van der Waals surface area contributed by atoms with E-state index in [1.165, 1.54) is 16.0 Å². The minimum absolute atomic E-state index is 0.000672. The Morgan fingerprint density at radius 2 is 1.73 bits per heavy atom. The number of carbonyl (C=O) groups excluding carboxylic acids is 1. The van der Waals surface area contributed by atoms with E-state index >= 15 is 0 Å². The molecule has 3 rings (SSSR count). The van der Waals surface area contributed by atoms with Crippen molar-refractivity contribution in [2.24, 2.45) is 0 Å². The van der Waals surface area contributed by atoms with Gasteiger partial charge < -0.3 is 14.7 Å². The number of anilines is 1. The number of benzene rings is 2. The summed E-state index contributed by atoms with van der Waals surface area (Å²) in [5, 5.41) is 0. The predicted octanol–water partition coefficient (Wildman–Crippen LogP) is 0.330. The molecular weight excluding hydrogens is 322 g/mol. The molecule has 2 aromatic rings. The minimum atomic E-state index is 0.000672. The standard InChI is InChI=1S/C22H29N3O/c1-18-8-7-9-20(16-18)17-24-12-14-25(15-13-24)19(2)22(26)23(3)21-10-5-4-6-11-21/h4-11,16,19H,12-15,17H2,1-3H3/p+2/t19-/m0/s1. The smallest absolute Gasteiger partial charge is 0.284 e. The lowest BCUT2D eigenvalue weighted by atomic mass is 10.1. The molecular formula is C22H31N3O+2. The van der Waals surface area contributed by atoms with Gasteiger partial charge in [0, 0.05) is 18.3 Å². The van der Waals surface area contributed by atoms with Gasteiger partial charge in [0.05, 0.1) is 0 Å². The Balaban J connectivity index is 1.53. The van der Waals surface area contributed by atoms with Gasteiger partial charge in [0.25, 0.3) is 5.91 Å². The third-order valence-electron chi connectivity index (χ3n) is 5.59. The summed E-state index contributed by atoms with van der Waals surface area (Å²) in [5.74, 6) is 0.202. The van der Waals surface area contributed by atoms with Crippen molar-refractivity contribution in [2.45, 2.75) is 26.4 Å². The Morgan fingerprint density at radius 3 is 2.38 bits per heavy atom. The fraction of sp³-hybridized carbons (Fsp3) is 0.409. The van der Waals surface area contributed by atoms with Gasteiger partial charge in [-0.15, -0.1) is 0 Å². The zero-order chi connectivity index (χ0) is 18.5. The molecule has 1 saturated heterocycles. The van der Waals surface area contributed by atoms with Crippen LogP contribution in [0.4, 0.5) is 5.69 Å². The summed E-state index contributed by atoms with van der Waals surface area (Å²) in [5.41, 5.74) is 3.71. The van der Waals surface area contributed by atoms with Crippen LogP contribution in [0.15, 0.2) is 54.6 Å². The van der Waals surface area contributed by atoms with E-state index in [1.807, 2.05) is 37.4 Å². The molecule has 1 aliphatic heterocycles. The number of hydrogen-bond donors (Lipinski definition) is 2. The third kappa shape index (κ3) is 4.51. The molecule has 1 atom stereocenters. The highest BCUT2D eigenvalue weighted by Crippen LogP contribution is 2.11. The highest BCUT2D eigenvalue weighted by atomic mass is 16.2. The topological polar surface area (TPSA) is 29.2 Å². The lowest BCUT2D eigenvalue weighted by molar-refractivity contribution is -1.02. The van der Waals surface area contributed by atoms with E-state index in [4.69, 9.17) is 0 Å². The highest BCUT2D eigenvalue weighted by molar-refractivity contribution is 5.95. The van der Waals surface area contributed by atoms with E-state index in [-0.39, 0.29) is 11.9 Å². The third-order valence-corrected chi connectivity index (χ3v) is 5.59. The number of nitrogens with one attached hydrogen (secondary N) is 2. The molecule has 2 N–H and O–H groups in total. The Hall–Kier alpha value is -2.17. The average molecular weight is 354 g/mol. The molecule has 1 fully saturated rings. The predicted molar refractivity (Wildman–Crippen MR) is 106 cm³/mol. The first-order valence-corrected chi connectivity index (χ1v) is 9.61. The lowest BCUT2D eigenvalue weighted by Gasteiger charge is -2.34. The van der Waals surface area contributed by atoms with Crippen molar-refractivity contribution >= 4 is 11.6 Å². The number of piperazine rings is 1. The van der Waals surface area contributed by atoms with E-state index in [0.717, 1.165) is 38.4 Å². The van der Waals surface area contributed by atoms with Crippen molar-refractivity contribution in [3.8, 4) is 0 Å². The van der Waals surface area contributed by atoms with Crippen LogP contribution in [-0.2, 0) is 11.3 Å². The number of rotatable bonds is 5. The molecule has 0 aromatic heterocycles. The molecule has 4 heteroatoms. The molecule has 26 heavy (non-hydrogen) atoms. The second kappa shape index (κ2) is 8.47. The van der Waals surface area contributed by atoms with E-state index in [1.54, 1.807) is 9.80 Å². The van der Waals surface area contributed by atoms with Gasteiger partial charge in [-0.25, -0.2) is 0 Å². The molecule has 0 radical (unpaired) electrons. The summed E-state index contributed by atoms with van der Waals surface area (Å²) in [6, 6.07) is 18.7. The molecule has 0 aliphatic carbocycles. The van der Waals surface area contributed by atoms with Crippen molar-refractivity contribution in [1.29, 1.82) is 0 Å². The maximum Gasteiger partial charge on any atom is 0.284 e. The van der Waals surface area contributed by atoms with E-state index in [0.29, 0.717) is 0 Å². The van der Waals surface area contributed by atoms with Gasteiger partial charge >= 0.3 is 0 Å². The van der Waals surface area contributed by atoms with Crippen LogP contribution in [0.5, 0.6) is 0 Å². The molecule has 0 spiro atoms. The number of para-hydroxylation sites is 1. The summed E-state index contributed by atoms with van der Waals surface area (Å²) < 4.78 is 0. The molecule has 2 aromatic carbocycles. The Labute approximate surface area is 157 Å². The number of aryl methyl sites for hydroxylation is 1. The van der Waals surface area contributed by atoms with Crippen molar-refractivity contribution in [3.05, 3.63) is 65.7 Å². The molecule has 1 amide bonds. The summed E-state index contributed by atoms with van der Waals surface area (Å²) >= 11 is 0. The van der Waals surface area contributed by atoms with E-state index < -0.39 is 0 Å². The SMILES string of the molecule is Cc1cccc(C[NH+]2CC[NH+]([C@@H](C)C(=O)N(C)c3ccccc3)CC2)c1. The quantitative estimate of drug-likeness (QED) is 0.797. The van der Waals surface area contributed by atoms with Crippen molar-refractivity contribution in [3.63, 3.8) is 0 Å². The zero-order valence-electron chi connectivity index (χ0n) is 16.2. The summed E-state index contributed by atoms with van der Waals surface area (Å²) in [6.07, 6.45) is 0. The Bertz CT molecular complexity index is 723. The van der Waals surface area contributed by atoms with Gasteiger partial charge in [-0.1, -0.05) is 48.0 Å². The van der Waals surface area contributed by atoms with Gasteiger partial charge in [0.1, 0.15) is 32.7 Å². The van der Waals surface area contributed by atoms with Crippen molar-refractivity contribution in [1.82, 2.24) is 0 Å². The number of nitrogens with zero attached hydrogens (tertiary/aromatic N) is 1. The first kappa shape index (κ1) is 18.6. The number of likely N-dealkylation sites (N-methyl/N-ethyl adjacent to an activating group) is 1. The number of carbonyl (C=O) groups is 1. The Kier molecular flexibility index (Phi) is 6.07. The molecule has 0 saturated carbocycles. The molecule has 0 bridgehead atoms. The summed E-state index contributed by atoms with van der Waals surface area (Å²) in [6.45, 7) is 9.65. The molecule has 4 nitrogen and oxygen atoms in total. The van der Waals surface area contributed by atoms with Crippen LogP contribution in [0.3, 0.4) is 0 Å². The fourth-order valence-electron chi connectivity index (χ4n) is 3.89. The maximum absolute atomic E-state index is 12.9. The number of amides is 1. The van der Waals surface area contributed by atoms with Crippen LogP contribution >= 0.6 is 0 Å². The summed E-state index contributed by atoms with van der Waals surface area (Å²) in [4.78, 5) is 17.7. The number of quaternary nitrogens is 2. The minimum Gasteiger partial charge on any atom is -0.322 e. The highest BCUT2D eigenvalue weighted by Gasteiger charge is 2.32. The van der Waals surface area contributed by atoms with Crippen LogP contribution in [0.2, 0.25) is 0 Å².